The first-order valence-corrected chi connectivity index (χ1v) is 6.85. The molecule has 0 aliphatic heterocycles. The molecule has 17 heavy (non-hydrogen) atoms. The van der Waals surface area contributed by atoms with Crippen LogP contribution in [0.15, 0.2) is 18.2 Å². The summed E-state index contributed by atoms with van der Waals surface area (Å²) in [6.45, 7) is 10.9. The molecule has 1 aromatic rings. The molecule has 1 aromatic carbocycles. The van der Waals surface area contributed by atoms with Crippen LogP contribution in [0.25, 0.3) is 0 Å². The Labute approximate surface area is 111 Å². The van der Waals surface area contributed by atoms with Crippen molar-refractivity contribution in [1.29, 1.82) is 0 Å². The first-order chi connectivity index (χ1) is 7.97. The zero-order valence-electron chi connectivity index (χ0n) is 11.4. The van der Waals surface area contributed by atoms with Crippen LogP contribution in [0.5, 0.6) is 0 Å². The third kappa shape index (κ3) is 4.33. The van der Waals surface area contributed by atoms with Crippen molar-refractivity contribution in [3.05, 3.63) is 34.9 Å². The summed E-state index contributed by atoms with van der Waals surface area (Å²) in [5, 5.41) is 3.47. The van der Waals surface area contributed by atoms with Crippen LogP contribution in [0.1, 0.15) is 37.0 Å². The van der Waals surface area contributed by atoms with Gasteiger partial charge in [-0.15, -0.1) is 11.6 Å². The normalized spacial score (nSPS) is 11.8. The molecule has 0 unspecified atom stereocenters. The number of benzene rings is 1. The van der Waals surface area contributed by atoms with E-state index in [0.29, 0.717) is 0 Å². The van der Waals surface area contributed by atoms with Crippen LogP contribution in [0.2, 0.25) is 0 Å². The molecular weight excluding hydrogens is 230 g/mol. The van der Waals surface area contributed by atoms with E-state index in [9.17, 15) is 0 Å². The third-order valence-corrected chi connectivity index (χ3v) is 3.61. The highest BCUT2D eigenvalue weighted by atomic mass is 35.5. The van der Waals surface area contributed by atoms with E-state index < -0.39 is 0 Å². The van der Waals surface area contributed by atoms with Crippen molar-refractivity contribution in [2.45, 2.75) is 39.5 Å². The van der Waals surface area contributed by atoms with Gasteiger partial charge < -0.3 is 5.32 Å². The van der Waals surface area contributed by atoms with Gasteiger partial charge in [-0.1, -0.05) is 32.0 Å². The summed E-state index contributed by atoms with van der Waals surface area (Å²) in [7, 11) is 0. The van der Waals surface area contributed by atoms with Crippen LogP contribution in [-0.4, -0.2) is 19.0 Å². The molecular formula is C15H24ClN. The number of hydrogen-bond donors (Lipinski definition) is 1. The van der Waals surface area contributed by atoms with Gasteiger partial charge in [0.1, 0.15) is 0 Å². The number of hydrogen-bond acceptors (Lipinski definition) is 1. The molecule has 0 aromatic heterocycles. The van der Waals surface area contributed by atoms with E-state index in [4.69, 9.17) is 11.6 Å². The maximum Gasteiger partial charge on any atom is 0.0235 e. The zero-order valence-corrected chi connectivity index (χ0v) is 12.2. The molecule has 0 bridgehead atoms. The molecule has 0 fully saturated rings. The van der Waals surface area contributed by atoms with Crippen molar-refractivity contribution in [3.63, 3.8) is 0 Å². The minimum atomic E-state index is 0.171. The van der Waals surface area contributed by atoms with E-state index >= 15 is 0 Å². The van der Waals surface area contributed by atoms with Gasteiger partial charge in [-0.05, 0) is 43.5 Å². The van der Waals surface area contributed by atoms with Gasteiger partial charge in [0.05, 0.1) is 0 Å². The van der Waals surface area contributed by atoms with Crippen molar-refractivity contribution >= 4 is 11.6 Å². The van der Waals surface area contributed by atoms with E-state index in [1.165, 1.54) is 16.7 Å². The smallest absolute Gasteiger partial charge is 0.0235 e. The lowest BCUT2D eigenvalue weighted by atomic mass is 9.83. The maximum atomic E-state index is 5.67. The van der Waals surface area contributed by atoms with Crippen molar-refractivity contribution in [3.8, 4) is 0 Å². The third-order valence-electron chi connectivity index (χ3n) is 3.34. The van der Waals surface area contributed by atoms with Crippen molar-refractivity contribution < 1.29 is 0 Å². The minimum absolute atomic E-state index is 0.171. The Morgan fingerprint density at radius 1 is 1.18 bits per heavy atom. The Morgan fingerprint density at radius 3 is 2.47 bits per heavy atom. The topological polar surface area (TPSA) is 12.0 Å². The van der Waals surface area contributed by atoms with Crippen LogP contribution in [-0.2, 0) is 5.41 Å². The summed E-state index contributed by atoms with van der Waals surface area (Å²) in [5.41, 5.74) is 4.31. The second kappa shape index (κ2) is 6.42. The zero-order chi connectivity index (χ0) is 12.9. The van der Waals surface area contributed by atoms with Gasteiger partial charge in [0.25, 0.3) is 0 Å². The highest BCUT2D eigenvalue weighted by Crippen LogP contribution is 2.24. The first-order valence-electron chi connectivity index (χ1n) is 6.32. The highest BCUT2D eigenvalue weighted by molar-refractivity contribution is 6.17. The van der Waals surface area contributed by atoms with Gasteiger partial charge in [0.2, 0.25) is 0 Å². The standard InChI is InChI=1S/C15H24ClN/c1-12-6-7-14(10-13(12)2)15(3,4)11-17-9-5-8-16/h6-7,10,17H,5,8-9,11H2,1-4H3. The maximum absolute atomic E-state index is 5.67. The van der Waals surface area contributed by atoms with Crippen LogP contribution >= 0.6 is 11.6 Å². The number of halogens is 1. The van der Waals surface area contributed by atoms with Gasteiger partial charge in [-0.25, -0.2) is 0 Å². The average Bonchev–Trinajstić information content (AvgIpc) is 2.28. The van der Waals surface area contributed by atoms with Crippen molar-refractivity contribution in [2.75, 3.05) is 19.0 Å². The molecule has 2 heteroatoms. The number of aryl methyl sites for hydroxylation is 2. The monoisotopic (exact) mass is 253 g/mol. The van der Waals surface area contributed by atoms with Gasteiger partial charge in [-0.3, -0.25) is 0 Å². The SMILES string of the molecule is Cc1ccc(C(C)(C)CNCCCCl)cc1C. The largest absolute Gasteiger partial charge is 0.316 e. The lowest BCUT2D eigenvalue weighted by Crippen LogP contribution is -2.33. The lowest BCUT2D eigenvalue weighted by Gasteiger charge is -2.26. The van der Waals surface area contributed by atoms with E-state index in [1.807, 2.05) is 0 Å². The molecule has 0 saturated heterocycles. The molecule has 0 amide bonds. The average molecular weight is 254 g/mol. The number of alkyl halides is 1. The molecule has 0 atom stereocenters. The van der Waals surface area contributed by atoms with E-state index in [1.54, 1.807) is 0 Å². The molecule has 0 aliphatic rings. The molecule has 96 valence electrons. The first kappa shape index (κ1) is 14.5. The van der Waals surface area contributed by atoms with Crippen LogP contribution in [0.4, 0.5) is 0 Å². The molecule has 0 radical (unpaired) electrons. The Balaban J connectivity index is 2.64. The van der Waals surface area contributed by atoms with Crippen LogP contribution in [0, 0.1) is 13.8 Å². The summed E-state index contributed by atoms with van der Waals surface area (Å²) in [6.07, 6.45) is 1.03. The quantitative estimate of drug-likeness (QED) is 0.601. The Morgan fingerprint density at radius 2 is 1.88 bits per heavy atom. The lowest BCUT2D eigenvalue weighted by molar-refractivity contribution is 0.469. The van der Waals surface area contributed by atoms with Gasteiger partial charge >= 0.3 is 0 Å². The molecule has 1 N–H and O–H groups in total. The Kier molecular flexibility index (Phi) is 5.48. The van der Waals surface area contributed by atoms with Crippen LogP contribution in [0.3, 0.4) is 0 Å². The second-order valence-corrected chi connectivity index (χ2v) is 5.78. The van der Waals surface area contributed by atoms with E-state index in [2.05, 4.69) is 51.2 Å². The molecule has 0 heterocycles. The number of nitrogens with one attached hydrogen (secondary N) is 1. The Bertz CT molecular complexity index is 358. The fraction of sp³-hybridized carbons (Fsp3) is 0.600. The Hall–Kier alpha value is -0.530. The molecule has 1 nitrogen and oxygen atoms in total. The fourth-order valence-corrected chi connectivity index (χ4v) is 1.99. The molecule has 0 saturated carbocycles. The van der Waals surface area contributed by atoms with Crippen LogP contribution < -0.4 is 5.32 Å². The summed E-state index contributed by atoms with van der Waals surface area (Å²) in [4.78, 5) is 0. The fourth-order valence-electron chi connectivity index (χ4n) is 1.86. The van der Waals surface area contributed by atoms with Crippen molar-refractivity contribution in [1.82, 2.24) is 5.32 Å². The second-order valence-electron chi connectivity index (χ2n) is 5.40. The highest BCUT2D eigenvalue weighted by Gasteiger charge is 2.20. The van der Waals surface area contributed by atoms with E-state index in [-0.39, 0.29) is 5.41 Å². The molecule has 1 rings (SSSR count). The summed E-state index contributed by atoms with van der Waals surface area (Å²) in [5.74, 6) is 0.733. The summed E-state index contributed by atoms with van der Waals surface area (Å²) >= 11 is 5.67. The predicted octanol–water partition coefficient (Wildman–Crippen LogP) is 3.80. The van der Waals surface area contributed by atoms with Gasteiger partial charge in [-0.2, -0.15) is 0 Å². The van der Waals surface area contributed by atoms with Gasteiger partial charge in [0, 0.05) is 17.8 Å². The van der Waals surface area contributed by atoms with Gasteiger partial charge in [0.15, 0.2) is 0 Å². The molecule has 0 spiro atoms. The van der Waals surface area contributed by atoms with E-state index in [0.717, 1.165) is 25.4 Å². The minimum Gasteiger partial charge on any atom is -0.316 e. The molecule has 0 aliphatic carbocycles. The number of rotatable bonds is 6. The summed E-state index contributed by atoms with van der Waals surface area (Å²) < 4.78 is 0. The predicted molar refractivity (Wildman–Crippen MR) is 77.1 cm³/mol. The summed E-state index contributed by atoms with van der Waals surface area (Å²) in [6, 6.07) is 6.76. The van der Waals surface area contributed by atoms with Crippen molar-refractivity contribution in [2.24, 2.45) is 0 Å².